The third-order valence-corrected chi connectivity index (χ3v) is 4.35. The summed E-state index contributed by atoms with van der Waals surface area (Å²) in [6.07, 6.45) is 7.29. The van der Waals surface area contributed by atoms with Crippen molar-refractivity contribution in [2.75, 3.05) is 6.61 Å². The van der Waals surface area contributed by atoms with Crippen molar-refractivity contribution in [3.63, 3.8) is 0 Å². The van der Waals surface area contributed by atoms with Crippen LogP contribution in [0.2, 0.25) is 0 Å². The van der Waals surface area contributed by atoms with Gasteiger partial charge in [0.05, 0.1) is 11.6 Å². The normalized spacial score (nSPS) is 20.8. The van der Waals surface area contributed by atoms with Crippen LogP contribution in [0.5, 0.6) is 0 Å². The van der Waals surface area contributed by atoms with Crippen molar-refractivity contribution in [1.82, 2.24) is 0 Å². The third-order valence-electron chi connectivity index (χ3n) is 4.35. The molecule has 0 aromatic heterocycles. The zero-order valence-corrected chi connectivity index (χ0v) is 12.3. The van der Waals surface area contributed by atoms with Crippen molar-refractivity contribution >= 4 is 0 Å². The second kappa shape index (κ2) is 6.53. The van der Waals surface area contributed by atoms with Crippen LogP contribution in [0.4, 0.5) is 0 Å². The van der Waals surface area contributed by atoms with Crippen LogP contribution < -0.4 is 5.73 Å². The van der Waals surface area contributed by atoms with Gasteiger partial charge in [0, 0.05) is 6.61 Å². The van der Waals surface area contributed by atoms with Crippen molar-refractivity contribution in [2.45, 2.75) is 64.0 Å². The van der Waals surface area contributed by atoms with Gasteiger partial charge in [0.15, 0.2) is 0 Å². The second-order valence-corrected chi connectivity index (χ2v) is 5.80. The summed E-state index contributed by atoms with van der Waals surface area (Å²) in [5.74, 6) is 0. The van der Waals surface area contributed by atoms with Crippen molar-refractivity contribution in [1.29, 1.82) is 0 Å². The highest BCUT2D eigenvalue weighted by Crippen LogP contribution is 2.39. The predicted molar refractivity (Wildman–Crippen MR) is 80.2 cm³/mol. The largest absolute Gasteiger partial charge is 0.373 e. The molecule has 1 aromatic carbocycles. The molecule has 1 unspecified atom stereocenters. The number of aryl methyl sites for hydroxylation is 1. The molecule has 0 radical (unpaired) electrons. The molecule has 0 spiro atoms. The summed E-state index contributed by atoms with van der Waals surface area (Å²) in [5.41, 5.74) is 8.94. The van der Waals surface area contributed by atoms with Crippen LogP contribution in [0.3, 0.4) is 0 Å². The standard InChI is InChI=1S/C17H27NO/c1-3-19-17(11-6-4-5-7-12-17)16(18)15-10-8-9-14(2)13-15/h8-10,13,16H,3-7,11-12,18H2,1-2H3. The number of hydrogen-bond acceptors (Lipinski definition) is 2. The Bertz CT molecular complexity index is 394. The Balaban J connectivity index is 2.26. The first kappa shape index (κ1) is 14.5. The molecule has 2 nitrogen and oxygen atoms in total. The zero-order valence-electron chi connectivity index (χ0n) is 12.3. The molecule has 1 aliphatic rings. The number of hydrogen-bond donors (Lipinski definition) is 1. The van der Waals surface area contributed by atoms with Crippen LogP contribution in [0.1, 0.15) is 62.6 Å². The Labute approximate surface area is 117 Å². The van der Waals surface area contributed by atoms with Gasteiger partial charge in [-0.3, -0.25) is 0 Å². The maximum Gasteiger partial charge on any atom is 0.0874 e. The molecule has 0 saturated heterocycles. The minimum Gasteiger partial charge on any atom is -0.373 e. The molecule has 0 aliphatic heterocycles. The molecule has 1 saturated carbocycles. The van der Waals surface area contributed by atoms with Gasteiger partial charge in [-0.15, -0.1) is 0 Å². The zero-order chi connectivity index (χ0) is 13.7. The van der Waals surface area contributed by atoms with E-state index >= 15 is 0 Å². The van der Waals surface area contributed by atoms with E-state index in [2.05, 4.69) is 38.1 Å². The molecule has 1 atom stereocenters. The van der Waals surface area contributed by atoms with Crippen LogP contribution >= 0.6 is 0 Å². The van der Waals surface area contributed by atoms with E-state index in [0.29, 0.717) is 0 Å². The molecular formula is C17H27NO. The lowest BCUT2D eigenvalue weighted by atomic mass is 9.82. The van der Waals surface area contributed by atoms with E-state index in [9.17, 15) is 0 Å². The SMILES string of the molecule is CCOC1(C(N)c2cccc(C)c2)CCCCCC1. The third kappa shape index (κ3) is 3.37. The second-order valence-electron chi connectivity index (χ2n) is 5.80. The van der Waals surface area contributed by atoms with E-state index in [1.54, 1.807) is 0 Å². The first-order chi connectivity index (χ1) is 9.18. The van der Waals surface area contributed by atoms with E-state index in [1.165, 1.54) is 36.8 Å². The van der Waals surface area contributed by atoms with Crippen LogP contribution in [0.25, 0.3) is 0 Å². The summed E-state index contributed by atoms with van der Waals surface area (Å²) in [6.45, 7) is 4.95. The minimum atomic E-state index is -0.154. The van der Waals surface area contributed by atoms with Gasteiger partial charge < -0.3 is 10.5 Å². The van der Waals surface area contributed by atoms with E-state index in [4.69, 9.17) is 10.5 Å². The molecule has 106 valence electrons. The fourth-order valence-corrected chi connectivity index (χ4v) is 3.33. The highest BCUT2D eigenvalue weighted by Gasteiger charge is 2.38. The monoisotopic (exact) mass is 261 g/mol. The van der Waals surface area contributed by atoms with Gasteiger partial charge in [0.25, 0.3) is 0 Å². The summed E-state index contributed by atoms with van der Waals surface area (Å²) in [6, 6.07) is 8.56. The van der Waals surface area contributed by atoms with E-state index in [-0.39, 0.29) is 11.6 Å². The quantitative estimate of drug-likeness (QED) is 0.827. The van der Waals surface area contributed by atoms with Crippen molar-refractivity contribution in [3.05, 3.63) is 35.4 Å². The number of nitrogens with two attached hydrogens (primary N) is 1. The van der Waals surface area contributed by atoms with E-state index in [1.807, 2.05) is 0 Å². The molecule has 2 rings (SSSR count). The summed E-state index contributed by atoms with van der Waals surface area (Å²) in [4.78, 5) is 0. The smallest absolute Gasteiger partial charge is 0.0874 e. The average Bonchev–Trinajstić information content (AvgIpc) is 2.65. The maximum atomic E-state index is 6.60. The Morgan fingerprint density at radius 3 is 2.47 bits per heavy atom. The van der Waals surface area contributed by atoms with Crippen LogP contribution in [-0.2, 0) is 4.74 Å². The van der Waals surface area contributed by atoms with Crippen LogP contribution in [0, 0.1) is 6.92 Å². The first-order valence-corrected chi connectivity index (χ1v) is 7.64. The van der Waals surface area contributed by atoms with Gasteiger partial charge >= 0.3 is 0 Å². The highest BCUT2D eigenvalue weighted by molar-refractivity contribution is 5.27. The van der Waals surface area contributed by atoms with E-state index in [0.717, 1.165) is 19.4 Å². The summed E-state index contributed by atoms with van der Waals surface area (Å²) >= 11 is 0. The molecule has 2 N–H and O–H groups in total. The lowest BCUT2D eigenvalue weighted by Crippen LogP contribution is -2.43. The Hall–Kier alpha value is -0.860. The molecule has 1 aromatic rings. The molecule has 1 aliphatic carbocycles. The summed E-state index contributed by atoms with van der Waals surface area (Å²) in [5, 5.41) is 0. The van der Waals surface area contributed by atoms with Crippen LogP contribution in [0.15, 0.2) is 24.3 Å². The summed E-state index contributed by atoms with van der Waals surface area (Å²) in [7, 11) is 0. The number of ether oxygens (including phenoxy) is 1. The van der Waals surface area contributed by atoms with Gasteiger partial charge in [-0.1, -0.05) is 55.5 Å². The van der Waals surface area contributed by atoms with Gasteiger partial charge in [-0.05, 0) is 32.3 Å². The fourth-order valence-electron chi connectivity index (χ4n) is 3.33. The Morgan fingerprint density at radius 2 is 1.89 bits per heavy atom. The molecule has 1 fully saturated rings. The van der Waals surface area contributed by atoms with E-state index < -0.39 is 0 Å². The topological polar surface area (TPSA) is 35.2 Å². The molecule has 0 bridgehead atoms. The molecule has 0 amide bonds. The Morgan fingerprint density at radius 1 is 1.21 bits per heavy atom. The lowest BCUT2D eigenvalue weighted by Gasteiger charge is -2.38. The minimum absolute atomic E-state index is 0.00884. The van der Waals surface area contributed by atoms with Crippen molar-refractivity contribution < 1.29 is 4.74 Å². The van der Waals surface area contributed by atoms with Gasteiger partial charge in [-0.25, -0.2) is 0 Å². The summed E-state index contributed by atoms with van der Waals surface area (Å²) < 4.78 is 6.18. The van der Waals surface area contributed by atoms with Gasteiger partial charge in [-0.2, -0.15) is 0 Å². The maximum absolute atomic E-state index is 6.60. The lowest BCUT2D eigenvalue weighted by molar-refractivity contribution is -0.0696. The number of rotatable bonds is 4. The molecule has 2 heteroatoms. The highest BCUT2D eigenvalue weighted by atomic mass is 16.5. The van der Waals surface area contributed by atoms with Crippen LogP contribution in [-0.4, -0.2) is 12.2 Å². The van der Waals surface area contributed by atoms with Gasteiger partial charge in [0.2, 0.25) is 0 Å². The Kier molecular flexibility index (Phi) is 5.00. The van der Waals surface area contributed by atoms with Crippen molar-refractivity contribution in [3.8, 4) is 0 Å². The van der Waals surface area contributed by atoms with Gasteiger partial charge in [0.1, 0.15) is 0 Å². The average molecular weight is 261 g/mol. The fraction of sp³-hybridized carbons (Fsp3) is 0.647. The molecule has 0 heterocycles. The van der Waals surface area contributed by atoms with Crippen molar-refractivity contribution in [2.24, 2.45) is 5.73 Å². The predicted octanol–water partition coefficient (Wildman–Crippen LogP) is 4.12. The molecular weight excluding hydrogens is 234 g/mol. The molecule has 19 heavy (non-hydrogen) atoms. The number of benzene rings is 1. The first-order valence-electron chi connectivity index (χ1n) is 7.64.